The summed E-state index contributed by atoms with van der Waals surface area (Å²) in [7, 11) is 0. The van der Waals surface area contributed by atoms with Gasteiger partial charge in [-0.05, 0) is 58.2 Å². The fourth-order valence-electron chi connectivity index (χ4n) is 3.73. The van der Waals surface area contributed by atoms with E-state index in [1.807, 2.05) is 0 Å². The van der Waals surface area contributed by atoms with Gasteiger partial charge in [-0.2, -0.15) is 5.10 Å². The predicted octanol–water partition coefficient (Wildman–Crippen LogP) is 1.61. The van der Waals surface area contributed by atoms with E-state index >= 15 is 0 Å². The van der Waals surface area contributed by atoms with Gasteiger partial charge >= 0.3 is 0 Å². The maximum Gasteiger partial charge on any atom is 0.155 e. The van der Waals surface area contributed by atoms with Crippen LogP contribution in [0, 0.1) is 0 Å². The molecule has 20 heavy (non-hydrogen) atoms. The van der Waals surface area contributed by atoms with Crippen molar-refractivity contribution in [3.8, 4) is 0 Å². The van der Waals surface area contributed by atoms with Gasteiger partial charge in [0.15, 0.2) is 5.82 Å². The second kappa shape index (κ2) is 5.45. The second-order valence-corrected chi connectivity index (χ2v) is 6.67. The van der Waals surface area contributed by atoms with E-state index in [1.165, 1.54) is 58.2 Å². The van der Waals surface area contributed by atoms with Crippen molar-refractivity contribution in [3.63, 3.8) is 0 Å². The van der Waals surface area contributed by atoms with Crippen LogP contribution < -0.4 is 5.32 Å². The van der Waals surface area contributed by atoms with Gasteiger partial charge in [0.1, 0.15) is 5.82 Å². The average molecular weight is 275 g/mol. The number of aromatic amines is 1. The molecule has 4 rings (SSSR count). The summed E-state index contributed by atoms with van der Waals surface area (Å²) in [5.74, 6) is 3.44. The van der Waals surface area contributed by atoms with E-state index in [2.05, 4.69) is 20.4 Å². The van der Waals surface area contributed by atoms with Gasteiger partial charge in [0, 0.05) is 24.4 Å². The molecule has 0 aromatic carbocycles. The molecule has 3 aliphatic rings. The van der Waals surface area contributed by atoms with Gasteiger partial charge in [-0.3, -0.25) is 10.00 Å². The minimum absolute atomic E-state index is 0.544. The lowest BCUT2D eigenvalue weighted by molar-refractivity contribution is 0.121. The van der Waals surface area contributed by atoms with Crippen molar-refractivity contribution in [2.75, 3.05) is 26.2 Å². The van der Waals surface area contributed by atoms with Crippen molar-refractivity contribution < 1.29 is 0 Å². The molecule has 5 nitrogen and oxygen atoms in total. The van der Waals surface area contributed by atoms with Crippen molar-refractivity contribution in [1.82, 2.24) is 25.4 Å². The monoisotopic (exact) mass is 275 g/mol. The SMILES string of the molecule is C1C[C@H](c2n[nH]c(C3CC3)n2)CN(C2CCNCC2)C1. The van der Waals surface area contributed by atoms with Crippen LogP contribution in [0.15, 0.2) is 0 Å². The van der Waals surface area contributed by atoms with E-state index in [9.17, 15) is 0 Å². The molecule has 1 saturated carbocycles. The first-order chi connectivity index (χ1) is 9.90. The molecular formula is C15H25N5. The number of aromatic nitrogens is 3. The van der Waals surface area contributed by atoms with Gasteiger partial charge < -0.3 is 5.32 Å². The zero-order chi connectivity index (χ0) is 13.4. The van der Waals surface area contributed by atoms with Crippen LogP contribution in [0.5, 0.6) is 0 Å². The lowest BCUT2D eigenvalue weighted by Crippen LogP contribution is -2.47. The highest BCUT2D eigenvalue weighted by Gasteiger charge is 2.32. The summed E-state index contributed by atoms with van der Waals surface area (Å²) in [4.78, 5) is 7.47. The summed E-state index contributed by atoms with van der Waals surface area (Å²) in [6.45, 7) is 4.78. The Hall–Kier alpha value is -0.940. The molecule has 2 aliphatic heterocycles. The number of likely N-dealkylation sites (tertiary alicyclic amines) is 1. The van der Waals surface area contributed by atoms with Gasteiger partial charge in [0.25, 0.3) is 0 Å². The number of nitrogens with one attached hydrogen (secondary N) is 2. The minimum atomic E-state index is 0.544. The maximum absolute atomic E-state index is 4.77. The summed E-state index contributed by atoms with van der Waals surface area (Å²) in [6.07, 6.45) is 7.73. The molecule has 5 heteroatoms. The number of rotatable bonds is 3. The first-order valence-electron chi connectivity index (χ1n) is 8.27. The third kappa shape index (κ3) is 2.61. The molecule has 2 saturated heterocycles. The molecule has 3 heterocycles. The van der Waals surface area contributed by atoms with E-state index in [0.717, 1.165) is 24.2 Å². The van der Waals surface area contributed by atoms with Gasteiger partial charge in [0.05, 0.1) is 0 Å². The molecule has 0 unspecified atom stereocenters. The molecule has 1 aromatic heterocycles. The Bertz CT molecular complexity index is 447. The molecule has 0 amide bonds. The molecule has 1 atom stereocenters. The molecule has 0 spiro atoms. The number of hydrogen-bond acceptors (Lipinski definition) is 4. The van der Waals surface area contributed by atoms with Crippen LogP contribution in [-0.2, 0) is 0 Å². The number of H-pyrrole nitrogens is 1. The van der Waals surface area contributed by atoms with Crippen LogP contribution in [0.2, 0.25) is 0 Å². The molecule has 0 bridgehead atoms. The first kappa shape index (κ1) is 12.8. The molecule has 3 fully saturated rings. The smallest absolute Gasteiger partial charge is 0.155 e. The second-order valence-electron chi connectivity index (χ2n) is 6.67. The van der Waals surface area contributed by atoms with Crippen molar-refractivity contribution in [1.29, 1.82) is 0 Å². The quantitative estimate of drug-likeness (QED) is 0.880. The highest BCUT2D eigenvalue weighted by atomic mass is 15.2. The summed E-state index contributed by atoms with van der Waals surface area (Å²) in [5, 5.41) is 11.1. The molecule has 1 aromatic rings. The minimum Gasteiger partial charge on any atom is -0.317 e. The number of hydrogen-bond donors (Lipinski definition) is 2. The molecule has 0 radical (unpaired) electrons. The maximum atomic E-state index is 4.77. The Morgan fingerprint density at radius 1 is 1.00 bits per heavy atom. The van der Waals surface area contributed by atoms with Crippen LogP contribution in [0.4, 0.5) is 0 Å². The highest BCUT2D eigenvalue weighted by molar-refractivity contribution is 5.08. The number of piperidine rings is 2. The van der Waals surface area contributed by atoms with Crippen LogP contribution in [0.3, 0.4) is 0 Å². The molecule has 1 aliphatic carbocycles. The Balaban J connectivity index is 1.42. The van der Waals surface area contributed by atoms with Crippen LogP contribution >= 0.6 is 0 Å². The first-order valence-corrected chi connectivity index (χ1v) is 8.27. The third-order valence-corrected chi connectivity index (χ3v) is 5.13. The van der Waals surface area contributed by atoms with Gasteiger partial charge in [0.2, 0.25) is 0 Å². The molecular weight excluding hydrogens is 250 g/mol. The normalized spacial score (nSPS) is 29.7. The molecule has 110 valence electrons. The van der Waals surface area contributed by atoms with Crippen molar-refractivity contribution in [2.24, 2.45) is 0 Å². The average Bonchev–Trinajstić information content (AvgIpc) is 3.26. The standard InChI is InChI=1S/C15H25N5/c1-2-12(15-17-14(18-19-15)11-3-4-11)10-20(9-1)13-5-7-16-8-6-13/h11-13,16H,1-10H2,(H,17,18,19)/t12-/m0/s1. The summed E-state index contributed by atoms with van der Waals surface area (Å²) in [5.41, 5.74) is 0. The van der Waals surface area contributed by atoms with Crippen LogP contribution in [-0.4, -0.2) is 52.3 Å². The fourth-order valence-corrected chi connectivity index (χ4v) is 3.73. The number of nitrogens with zero attached hydrogens (tertiary/aromatic N) is 3. The van der Waals surface area contributed by atoms with Crippen molar-refractivity contribution in [3.05, 3.63) is 11.6 Å². The largest absolute Gasteiger partial charge is 0.317 e. The summed E-state index contributed by atoms with van der Waals surface area (Å²) >= 11 is 0. The lowest BCUT2D eigenvalue weighted by atomic mass is 9.94. The predicted molar refractivity (Wildman–Crippen MR) is 77.8 cm³/mol. The topological polar surface area (TPSA) is 56.8 Å². The van der Waals surface area contributed by atoms with E-state index in [4.69, 9.17) is 4.98 Å². The van der Waals surface area contributed by atoms with E-state index in [0.29, 0.717) is 11.8 Å². The summed E-state index contributed by atoms with van der Waals surface area (Å²) < 4.78 is 0. The third-order valence-electron chi connectivity index (χ3n) is 5.13. The van der Waals surface area contributed by atoms with Crippen molar-refractivity contribution >= 4 is 0 Å². The zero-order valence-corrected chi connectivity index (χ0v) is 12.1. The van der Waals surface area contributed by atoms with Gasteiger partial charge in [-0.25, -0.2) is 4.98 Å². The van der Waals surface area contributed by atoms with E-state index < -0.39 is 0 Å². The summed E-state index contributed by atoms with van der Waals surface area (Å²) in [6, 6.07) is 0.779. The lowest BCUT2D eigenvalue weighted by Gasteiger charge is -2.39. The Labute approximate surface area is 120 Å². The van der Waals surface area contributed by atoms with E-state index in [-0.39, 0.29) is 0 Å². The Morgan fingerprint density at radius 3 is 2.65 bits per heavy atom. The highest BCUT2D eigenvalue weighted by Crippen LogP contribution is 2.38. The van der Waals surface area contributed by atoms with Crippen molar-refractivity contribution in [2.45, 2.75) is 56.4 Å². The van der Waals surface area contributed by atoms with Gasteiger partial charge in [-0.15, -0.1) is 0 Å². The van der Waals surface area contributed by atoms with Crippen LogP contribution in [0.25, 0.3) is 0 Å². The van der Waals surface area contributed by atoms with Crippen LogP contribution in [0.1, 0.15) is 62.0 Å². The van der Waals surface area contributed by atoms with Gasteiger partial charge in [-0.1, -0.05) is 0 Å². The zero-order valence-electron chi connectivity index (χ0n) is 12.1. The van der Waals surface area contributed by atoms with E-state index in [1.54, 1.807) is 0 Å². The fraction of sp³-hybridized carbons (Fsp3) is 0.867. The Morgan fingerprint density at radius 2 is 1.85 bits per heavy atom. The molecule has 2 N–H and O–H groups in total. The Kier molecular flexibility index (Phi) is 3.48.